The van der Waals surface area contributed by atoms with Crippen molar-refractivity contribution in [3.63, 3.8) is 0 Å². The summed E-state index contributed by atoms with van der Waals surface area (Å²) in [5, 5.41) is 2.45. The molecule has 1 aromatic carbocycles. The number of nitrogens with zero attached hydrogens (tertiary/aromatic N) is 1. The monoisotopic (exact) mass is 364 g/mol. The maximum atomic E-state index is 12.9. The zero-order valence-corrected chi connectivity index (χ0v) is 12.3. The molecule has 0 saturated carbocycles. The Morgan fingerprint density at radius 3 is 2.75 bits per heavy atom. The van der Waals surface area contributed by atoms with Crippen molar-refractivity contribution < 1.29 is 18.0 Å². The van der Waals surface area contributed by atoms with Gasteiger partial charge in [-0.3, -0.25) is 9.78 Å². The van der Waals surface area contributed by atoms with Crippen molar-refractivity contribution in [3.8, 4) is 0 Å². The third-order valence-electron chi connectivity index (χ3n) is 2.44. The molecule has 20 heavy (non-hydrogen) atoms. The SMILES string of the molecule is O=C(NCc1cncs1)c1ccc(Br)cc1C(F)(F)F. The second-order valence-corrected chi connectivity index (χ2v) is 5.72. The van der Waals surface area contributed by atoms with Crippen LogP contribution in [0.3, 0.4) is 0 Å². The summed E-state index contributed by atoms with van der Waals surface area (Å²) in [4.78, 5) is 16.5. The molecule has 0 aliphatic heterocycles. The molecule has 0 atom stereocenters. The zero-order valence-electron chi connectivity index (χ0n) is 9.87. The Morgan fingerprint density at radius 2 is 2.15 bits per heavy atom. The van der Waals surface area contributed by atoms with Crippen molar-refractivity contribution in [2.24, 2.45) is 0 Å². The number of aromatic nitrogens is 1. The van der Waals surface area contributed by atoms with E-state index in [4.69, 9.17) is 0 Å². The highest BCUT2D eigenvalue weighted by atomic mass is 79.9. The van der Waals surface area contributed by atoms with Crippen molar-refractivity contribution in [1.29, 1.82) is 0 Å². The van der Waals surface area contributed by atoms with Gasteiger partial charge in [-0.1, -0.05) is 15.9 Å². The van der Waals surface area contributed by atoms with E-state index in [-0.39, 0.29) is 11.0 Å². The van der Waals surface area contributed by atoms with Gasteiger partial charge in [0, 0.05) is 15.5 Å². The molecule has 0 bridgehead atoms. The number of rotatable bonds is 3. The van der Waals surface area contributed by atoms with Gasteiger partial charge in [0.2, 0.25) is 0 Å². The van der Waals surface area contributed by atoms with Crippen molar-refractivity contribution in [2.45, 2.75) is 12.7 Å². The molecule has 0 spiro atoms. The van der Waals surface area contributed by atoms with Crippen LogP contribution in [0.2, 0.25) is 0 Å². The summed E-state index contributed by atoms with van der Waals surface area (Å²) in [7, 11) is 0. The number of carbonyl (C=O) groups excluding carboxylic acids is 1. The van der Waals surface area contributed by atoms with Crippen LogP contribution in [0.4, 0.5) is 13.2 Å². The van der Waals surface area contributed by atoms with Gasteiger partial charge in [-0.25, -0.2) is 0 Å². The largest absolute Gasteiger partial charge is 0.417 e. The van der Waals surface area contributed by atoms with E-state index < -0.39 is 23.2 Å². The summed E-state index contributed by atoms with van der Waals surface area (Å²) >= 11 is 4.29. The molecule has 106 valence electrons. The molecule has 0 unspecified atom stereocenters. The van der Waals surface area contributed by atoms with Gasteiger partial charge < -0.3 is 5.32 Å². The first-order valence-electron chi connectivity index (χ1n) is 5.40. The van der Waals surface area contributed by atoms with E-state index in [1.54, 1.807) is 11.7 Å². The molecule has 0 aliphatic carbocycles. The van der Waals surface area contributed by atoms with E-state index in [1.807, 2.05) is 0 Å². The Labute approximate surface area is 125 Å². The van der Waals surface area contributed by atoms with Gasteiger partial charge in [-0.15, -0.1) is 11.3 Å². The standard InChI is InChI=1S/C12H8BrF3N2OS/c13-7-1-2-9(10(3-7)12(14,15)16)11(19)18-5-8-4-17-6-20-8/h1-4,6H,5H2,(H,18,19). The molecule has 1 heterocycles. The molecule has 1 aromatic heterocycles. The van der Waals surface area contributed by atoms with E-state index in [0.29, 0.717) is 0 Å². The van der Waals surface area contributed by atoms with Crippen LogP contribution >= 0.6 is 27.3 Å². The maximum Gasteiger partial charge on any atom is 0.417 e. The molecular formula is C12H8BrF3N2OS. The highest BCUT2D eigenvalue weighted by Crippen LogP contribution is 2.33. The molecule has 2 aromatic rings. The topological polar surface area (TPSA) is 42.0 Å². The summed E-state index contributed by atoms with van der Waals surface area (Å²) in [5.74, 6) is -0.766. The average molecular weight is 365 g/mol. The average Bonchev–Trinajstić information content (AvgIpc) is 2.88. The van der Waals surface area contributed by atoms with Gasteiger partial charge in [0.1, 0.15) is 0 Å². The number of benzene rings is 1. The number of hydrogen-bond donors (Lipinski definition) is 1. The van der Waals surface area contributed by atoms with Gasteiger partial charge in [0.25, 0.3) is 5.91 Å². The predicted octanol–water partition coefficient (Wildman–Crippen LogP) is 3.85. The quantitative estimate of drug-likeness (QED) is 0.898. The minimum atomic E-state index is -4.58. The van der Waals surface area contributed by atoms with Gasteiger partial charge >= 0.3 is 6.18 Å². The van der Waals surface area contributed by atoms with E-state index in [9.17, 15) is 18.0 Å². The molecule has 3 nitrogen and oxygen atoms in total. The maximum absolute atomic E-state index is 12.9. The van der Waals surface area contributed by atoms with E-state index >= 15 is 0 Å². The number of hydrogen-bond acceptors (Lipinski definition) is 3. The number of carbonyl (C=O) groups is 1. The molecule has 0 aliphatic rings. The van der Waals surface area contributed by atoms with Crippen LogP contribution in [0.1, 0.15) is 20.8 Å². The van der Waals surface area contributed by atoms with Crippen LogP contribution in [0.15, 0.2) is 34.4 Å². The fourth-order valence-electron chi connectivity index (χ4n) is 1.54. The highest BCUT2D eigenvalue weighted by Gasteiger charge is 2.35. The van der Waals surface area contributed by atoms with Crippen LogP contribution in [-0.4, -0.2) is 10.9 Å². The van der Waals surface area contributed by atoms with Crippen molar-refractivity contribution in [2.75, 3.05) is 0 Å². The normalized spacial score (nSPS) is 11.4. The number of nitrogens with one attached hydrogen (secondary N) is 1. The van der Waals surface area contributed by atoms with E-state index in [1.165, 1.54) is 17.4 Å². The smallest absolute Gasteiger partial charge is 0.347 e. The number of halogens is 4. The summed E-state index contributed by atoms with van der Waals surface area (Å²) in [6.45, 7) is 0.150. The molecule has 1 amide bonds. The summed E-state index contributed by atoms with van der Waals surface area (Å²) in [6, 6.07) is 3.44. The van der Waals surface area contributed by atoms with Crippen LogP contribution in [0.5, 0.6) is 0 Å². The van der Waals surface area contributed by atoms with Crippen molar-refractivity contribution >= 4 is 33.2 Å². The molecule has 8 heteroatoms. The predicted molar refractivity (Wildman–Crippen MR) is 72.4 cm³/mol. The van der Waals surface area contributed by atoms with Gasteiger partial charge in [0.15, 0.2) is 0 Å². The van der Waals surface area contributed by atoms with Crippen LogP contribution in [0, 0.1) is 0 Å². The Morgan fingerprint density at radius 1 is 1.40 bits per heavy atom. The van der Waals surface area contributed by atoms with Crippen molar-refractivity contribution in [3.05, 3.63) is 50.4 Å². The summed E-state index contributed by atoms with van der Waals surface area (Å²) in [5.41, 5.74) is 0.223. The second kappa shape index (κ2) is 5.92. The second-order valence-electron chi connectivity index (χ2n) is 3.84. The lowest BCUT2D eigenvalue weighted by Gasteiger charge is -2.13. The molecule has 0 radical (unpaired) electrons. The fourth-order valence-corrected chi connectivity index (χ4v) is 2.44. The number of alkyl halides is 3. The first-order chi connectivity index (χ1) is 9.38. The van der Waals surface area contributed by atoms with Crippen LogP contribution < -0.4 is 5.32 Å². The third-order valence-corrected chi connectivity index (χ3v) is 3.71. The Balaban J connectivity index is 2.21. The Bertz CT molecular complexity index is 614. The summed E-state index contributed by atoms with van der Waals surface area (Å²) in [6.07, 6.45) is -3.03. The van der Waals surface area contributed by atoms with Crippen LogP contribution in [-0.2, 0) is 12.7 Å². The lowest BCUT2D eigenvalue weighted by Crippen LogP contribution is -2.25. The Kier molecular flexibility index (Phi) is 4.44. The number of thiazole rings is 1. The molecule has 2 rings (SSSR count). The lowest BCUT2D eigenvalue weighted by molar-refractivity contribution is -0.138. The zero-order chi connectivity index (χ0) is 14.8. The molecule has 0 fully saturated rings. The van der Waals surface area contributed by atoms with Gasteiger partial charge in [0.05, 0.1) is 23.2 Å². The van der Waals surface area contributed by atoms with E-state index in [0.717, 1.165) is 17.0 Å². The molecular weight excluding hydrogens is 357 g/mol. The van der Waals surface area contributed by atoms with Crippen LogP contribution in [0.25, 0.3) is 0 Å². The fraction of sp³-hybridized carbons (Fsp3) is 0.167. The molecule has 0 saturated heterocycles. The Hall–Kier alpha value is -1.41. The van der Waals surface area contributed by atoms with Gasteiger partial charge in [-0.05, 0) is 18.2 Å². The van der Waals surface area contributed by atoms with Gasteiger partial charge in [-0.2, -0.15) is 13.2 Å². The minimum absolute atomic E-state index is 0.150. The first-order valence-corrected chi connectivity index (χ1v) is 7.07. The lowest BCUT2D eigenvalue weighted by atomic mass is 10.1. The third kappa shape index (κ3) is 3.57. The number of amides is 1. The summed E-state index contributed by atoms with van der Waals surface area (Å²) < 4.78 is 38.9. The highest BCUT2D eigenvalue weighted by molar-refractivity contribution is 9.10. The van der Waals surface area contributed by atoms with E-state index in [2.05, 4.69) is 26.2 Å². The first kappa shape index (κ1) is 15.0. The molecule has 1 N–H and O–H groups in total. The van der Waals surface area contributed by atoms with Crippen molar-refractivity contribution in [1.82, 2.24) is 10.3 Å². The minimum Gasteiger partial charge on any atom is -0.347 e.